The van der Waals surface area contributed by atoms with Crippen LogP contribution in [-0.4, -0.2) is 11.3 Å². The molecule has 0 aromatic heterocycles. The third-order valence-electron chi connectivity index (χ3n) is 2.54. The van der Waals surface area contributed by atoms with Crippen molar-refractivity contribution in [1.29, 1.82) is 0 Å². The van der Waals surface area contributed by atoms with Crippen LogP contribution in [0.15, 0.2) is 47.5 Å². The second-order valence-electron chi connectivity index (χ2n) is 3.98. The summed E-state index contributed by atoms with van der Waals surface area (Å²) in [7, 11) is 0. The normalized spacial score (nSPS) is 12.0. The highest BCUT2D eigenvalue weighted by atomic mass is 35.5. The summed E-state index contributed by atoms with van der Waals surface area (Å²) in [5, 5.41) is 9.92. The molecule has 0 fully saturated rings. The Hall–Kier alpha value is -2.01. The van der Waals surface area contributed by atoms with Crippen molar-refractivity contribution in [2.45, 2.75) is 6.18 Å². The Morgan fingerprint density at radius 3 is 2.50 bits per heavy atom. The van der Waals surface area contributed by atoms with Crippen LogP contribution in [0.5, 0.6) is 5.75 Å². The molecule has 2 rings (SSSR count). The lowest BCUT2D eigenvalue weighted by molar-refractivity contribution is -0.137. The number of hydrogen-bond donors (Lipinski definition) is 1. The maximum Gasteiger partial charge on any atom is 0.418 e. The third-order valence-corrected chi connectivity index (χ3v) is 2.78. The van der Waals surface area contributed by atoms with Gasteiger partial charge in [-0.15, -0.1) is 0 Å². The number of hydrogen-bond acceptors (Lipinski definition) is 2. The summed E-state index contributed by atoms with van der Waals surface area (Å²) in [5.74, 6) is -0.109. The van der Waals surface area contributed by atoms with Gasteiger partial charge in [-0.25, -0.2) is 0 Å². The van der Waals surface area contributed by atoms with Crippen LogP contribution in [-0.2, 0) is 6.18 Å². The zero-order valence-electron chi connectivity index (χ0n) is 10.0. The van der Waals surface area contributed by atoms with Gasteiger partial charge in [0.25, 0.3) is 0 Å². The molecule has 1 N–H and O–H groups in total. The van der Waals surface area contributed by atoms with E-state index in [1.165, 1.54) is 36.4 Å². The Bertz CT molecular complexity index is 653. The quantitative estimate of drug-likeness (QED) is 0.793. The number of phenols is 1. The number of nitrogens with zero attached hydrogens (tertiary/aromatic N) is 1. The molecule has 0 saturated carbocycles. The van der Waals surface area contributed by atoms with Crippen LogP contribution in [0.25, 0.3) is 0 Å². The first kappa shape index (κ1) is 14.4. The van der Waals surface area contributed by atoms with Gasteiger partial charge in [0, 0.05) is 16.8 Å². The van der Waals surface area contributed by atoms with Crippen LogP contribution in [0, 0.1) is 0 Å². The smallest absolute Gasteiger partial charge is 0.418 e. The van der Waals surface area contributed by atoms with Crippen LogP contribution in [0.3, 0.4) is 0 Å². The second kappa shape index (κ2) is 5.54. The molecule has 0 aliphatic rings. The Kier molecular flexibility index (Phi) is 3.99. The Balaban J connectivity index is 2.40. The zero-order valence-corrected chi connectivity index (χ0v) is 10.8. The Labute approximate surface area is 118 Å². The van der Waals surface area contributed by atoms with Gasteiger partial charge in [0.05, 0.1) is 11.3 Å². The molecule has 0 saturated heterocycles. The monoisotopic (exact) mass is 299 g/mol. The van der Waals surface area contributed by atoms with E-state index < -0.39 is 11.7 Å². The van der Waals surface area contributed by atoms with E-state index in [4.69, 9.17) is 11.6 Å². The highest BCUT2D eigenvalue weighted by Gasteiger charge is 2.32. The fourth-order valence-corrected chi connectivity index (χ4v) is 1.77. The highest BCUT2D eigenvalue weighted by molar-refractivity contribution is 6.30. The van der Waals surface area contributed by atoms with Gasteiger partial charge in [-0.1, -0.05) is 23.7 Å². The lowest BCUT2D eigenvalue weighted by Crippen LogP contribution is -2.04. The average molecular weight is 300 g/mol. The van der Waals surface area contributed by atoms with E-state index in [9.17, 15) is 18.3 Å². The van der Waals surface area contributed by atoms with Crippen LogP contribution in [0.2, 0.25) is 5.02 Å². The lowest BCUT2D eigenvalue weighted by atomic mass is 10.1. The van der Waals surface area contributed by atoms with Crippen molar-refractivity contribution in [1.82, 2.24) is 0 Å². The first-order chi connectivity index (χ1) is 9.38. The predicted molar refractivity (Wildman–Crippen MR) is 71.8 cm³/mol. The van der Waals surface area contributed by atoms with Crippen molar-refractivity contribution in [2.75, 3.05) is 0 Å². The van der Waals surface area contributed by atoms with E-state index in [-0.39, 0.29) is 17.0 Å². The number of para-hydroxylation sites is 1. The molecule has 0 amide bonds. The highest BCUT2D eigenvalue weighted by Crippen LogP contribution is 2.36. The van der Waals surface area contributed by atoms with Crippen molar-refractivity contribution in [3.63, 3.8) is 0 Å². The molecular formula is C14H9ClF3NO. The predicted octanol–water partition coefficient (Wildman–Crippen LogP) is 4.82. The molecule has 0 aliphatic carbocycles. The molecule has 0 radical (unpaired) electrons. The molecule has 0 heterocycles. The minimum atomic E-state index is -4.48. The number of benzene rings is 2. The molecule has 0 spiro atoms. The van der Waals surface area contributed by atoms with E-state index in [0.29, 0.717) is 5.02 Å². The van der Waals surface area contributed by atoms with Gasteiger partial charge in [-0.05, 0) is 30.3 Å². The minimum absolute atomic E-state index is 0.109. The summed E-state index contributed by atoms with van der Waals surface area (Å²) >= 11 is 5.75. The molecule has 6 heteroatoms. The number of aliphatic imine (C=N–C) groups is 1. The molecule has 2 nitrogen and oxygen atoms in total. The van der Waals surface area contributed by atoms with Gasteiger partial charge in [-0.3, -0.25) is 4.99 Å². The summed E-state index contributed by atoms with van der Waals surface area (Å²) < 4.78 is 38.3. The maximum atomic E-state index is 12.8. The third kappa shape index (κ3) is 3.30. The molecule has 0 unspecified atom stereocenters. The first-order valence-electron chi connectivity index (χ1n) is 5.57. The van der Waals surface area contributed by atoms with Gasteiger partial charge < -0.3 is 5.11 Å². The van der Waals surface area contributed by atoms with E-state index in [0.717, 1.165) is 12.3 Å². The van der Waals surface area contributed by atoms with Crippen LogP contribution in [0.1, 0.15) is 11.1 Å². The summed E-state index contributed by atoms with van der Waals surface area (Å²) in [5.41, 5.74) is -0.813. The Morgan fingerprint density at radius 2 is 1.80 bits per heavy atom. The minimum Gasteiger partial charge on any atom is -0.507 e. The maximum absolute atomic E-state index is 12.8. The number of phenolic OH excluding ortho intramolecular Hbond substituents is 1. The summed E-state index contributed by atoms with van der Waals surface area (Å²) in [4.78, 5) is 3.78. The number of halogens is 4. The molecule has 0 aliphatic heterocycles. The SMILES string of the molecule is Oc1ccc(Cl)cc1C=Nc1ccccc1C(F)(F)F. The topological polar surface area (TPSA) is 32.6 Å². The number of aromatic hydroxyl groups is 1. The van der Waals surface area contributed by atoms with Crippen molar-refractivity contribution in [3.05, 3.63) is 58.6 Å². The molecule has 2 aromatic rings. The van der Waals surface area contributed by atoms with E-state index in [1.54, 1.807) is 0 Å². The van der Waals surface area contributed by atoms with E-state index >= 15 is 0 Å². The first-order valence-corrected chi connectivity index (χ1v) is 5.94. The summed E-state index contributed by atoms with van der Waals surface area (Å²) in [6.45, 7) is 0. The average Bonchev–Trinajstić information content (AvgIpc) is 2.39. The van der Waals surface area contributed by atoms with E-state index in [1.807, 2.05) is 0 Å². The largest absolute Gasteiger partial charge is 0.507 e. The molecule has 0 atom stereocenters. The van der Waals surface area contributed by atoms with Gasteiger partial charge in [0.2, 0.25) is 0 Å². The summed E-state index contributed by atoms with van der Waals surface area (Å²) in [6, 6.07) is 9.18. The van der Waals surface area contributed by atoms with Crippen LogP contribution in [0.4, 0.5) is 18.9 Å². The van der Waals surface area contributed by atoms with Gasteiger partial charge in [-0.2, -0.15) is 13.2 Å². The van der Waals surface area contributed by atoms with Crippen molar-refractivity contribution < 1.29 is 18.3 Å². The number of alkyl halides is 3. The molecule has 0 bridgehead atoms. The molecule has 104 valence electrons. The molecular weight excluding hydrogens is 291 g/mol. The zero-order chi connectivity index (χ0) is 14.8. The standard InChI is InChI=1S/C14H9ClF3NO/c15-10-5-6-13(20)9(7-10)8-19-12-4-2-1-3-11(12)14(16,17)18/h1-8,20H. The molecule has 2 aromatic carbocycles. The van der Waals surface area contributed by atoms with Crippen LogP contribution >= 0.6 is 11.6 Å². The van der Waals surface area contributed by atoms with E-state index in [2.05, 4.69) is 4.99 Å². The Morgan fingerprint density at radius 1 is 1.10 bits per heavy atom. The fourth-order valence-electron chi connectivity index (χ4n) is 1.59. The lowest BCUT2D eigenvalue weighted by Gasteiger charge is -2.09. The van der Waals surface area contributed by atoms with Crippen molar-refractivity contribution in [2.24, 2.45) is 4.99 Å². The van der Waals surface area contributed by atoms with Crippen molar-refractivity contribution in [3.8, 4) is 5.75 Å². The van der Waals surface area contributed by atoms with Gasteiger partial charge in [0.1, 0.15) is 5.75 Å². The van der Waals surface area contributed by atoms with Gasteiger partial charge >= 0.3 is 6.18 Å². The second-order valence-corrected chi connectivity index (χ2v) is 4.41. The number of rotatable bonds is 2. The van der Waals surface area contributed by atoms with Crippen LogP contribution < -0.4 is 0 Å². The fraction of sp³-hybridized carbons (Fsp3) is 0.0714. The van der Waals surface area contributed by atoms with Crippen molar-refractivity contribution >= 4 is 23.5 Å². The van der Waals surface area contributed by atoms with Gasteiger partial charge in [0.15, 0.2) is 0 Å². The summed E-state index contributed by atoms with van der Waals surface area (Å²) in [6.07, 6.45) is -3.34. The molecule has 20 heavy (non-hydrogen) atoms.